The van der Waals surface area contributed by atoms with Gasteiger partial charge in [0.05, 0.1) is 10.6 Å². The highest BCUT2D eigenvalue weighted by Gasteiger charge is 2.14. The fourth-order valence-corrected chi connectivity index (χ4v) is 2.68. The number of aliphatic hydroxyl groups is 1. The molecule has 0 fully saturated rings. The van der Waals surface area contributed by atoms with Crippen molar-refractivity contribution in [3.05, 3.63) is 28.8 Å². The summed E-state index contributed by atoms with van der Waals surface area (Å²) in [7, 11) is -3.28. The van der Waals surface area contributed by atoms with E-state index in [1.807, 2.05) is 0 Å². The molecule has 0 saturated heterocycles. The molecule has 1 aromatic carbocycles. The van der Waals surface area contributed by atoms with Crippen molar-refractivity contribution in [2.45, 2.75) is 18.2 Å². The second kappa shape index (κ2) is 4.96. The summed E-state index contributed by atoms with van der Waals surface area (Å²) in [5, 5.41) is 9.14. The van der Waals surface area contributed by atoms with Crippen LogP contribution < -0.4 is 0 Å². The number of halogens is 1. The van der Waals surface area contributed by atoms with Crippen LogP contribution in [0, 0.1) is 6.92 Å². The number of aryl methyl sites for hydroxylation is 1. The van der Waals surface area contributed by atoms with Crippen molar-refractivity contribution in [2.24, 2.45) is 0 Å². The molecular weight excluding hydrogens is 236 g/mol. The zero-order chi connectivity index (χ0) is 11.5. The van der Waals surface area contributed by atoms with Crippen LogP contribution in [0.1, 0.15) is 12.0 Å². The molecule has 0 heterocycles. The second-order valence-electron chi connectivity index (χ2n) is 3.31. The predicted molar refractivity (Wildman–Crippen MR) is 59.9 cm³/mol. The van der Waals surface area contributed by atoms with E-state index >= 15 is 0 Å². The van der Waals surface area contributed by atoms with Gasteiger partial charge in [0.15, 0.2) is 9.84 Å². The van der Waals surface area contributed by atoms with E-state index in [9.17, 15) is 8.42 Å². The number of aliphatic hydroxyl groups excluding tert-OH is 1. The standard InChI is InChI=1S/C10H13ClO3S/c1-8-7-9(3-4-10(8)11)15(13,14)6-2-5-12/h3-4,7,12H,2,5-6H2,1H3. The molecule has 5 heteroatoms. The Bertz CT molecular complexity index is 440. The summed E-state index contributed by atoms with van der Waals surface area (Å²) >= 11 is 5.80. The Morgan fingerprint density at radius 3 is 2.60 bits per heavy atom. The first-order valence-electron chi connectivity index (χ1n) is 4.57. The minimum Gasteiger partial charge on any atom is -0.396 e. The first kappa shape index (κ1) is 12.5. The molecule has 84 valence electrons. The van der Waals surface area contributed by atoms with Gasteiger partial charge in [0.25, 0.3) is 0 Å². The molecule has 0 saturated carbocycles. The molecule has 0 spiro atoms. The van der Waals surface area contributed by atoms with Crippen molar-refractivity contribution >= 4 is 21.4 Å². The Balaban J connectivity index is 3.00. The molecule has 0 unspecified atom stereocenters. The summed E-state index contributed by atoms with van der Waals surface area (Å²) in [5.41, 5.74) is 0.738. The van der Waals surface area contributed by atoms with Gasteiger partial charge in [-0.3, -0.25) is 0 Å². The predicted octanol–water partition coefficient (Wildman–Crippen LogP) is 1.80. The molecule has 3 nitrogen and oxygen atoms in total. The Labute approximate surface area is 94.6 Å². The molecule has 1 N–H and O–H groups in total. The van der Waals surface area contributed by atoms with Gasteiger partial charge >= 0.3 is 0 Å². The lowest BCUT2D eigenvalue weighted by molar-refractivity contribution is 0.295. The Morgan fingerprint density at radius 2 is 2.07 bits per heavy atom. The van der Waals surface area contributed by atoms with Gasteiger partial charge in [-0.1, -0.05) is 11.6 Å². The number of sulfone groups is 1. The molecule has 1 aromatic rings. The van der Waals surface area contributed by atoms with Gasteiger partial charge in [0.2, 0.25) is 0 Å². The lowest BCUT2D eigenvalue weighted by Crippen LogP contribution is -2.08. The van der Waals surface area contributed by atoms with E-state index < -0.39 is 9.84 Å². The highest BCUT2D eigenvalue weighted by atomic mass is 35.5. The van der Waals surface area contributed by atoms with Crippen molar-refractivity contribution in [3.63, 3.8) is 0 Å². The third-order valence-electron chi connectivity index (χ3n) is 2.06. The first-order chi connectivity index (χ1) is 6.97. The highest BCUT2D eigenvalue weighted by Crippen LogP contribution is 2.20. The molecule has 0 aromatic heterocycles. The van der Waals surface area contributed by atoms with E-state index in [-0.39, 0.29) is 23.7 Å². The molecule has 1 rings (SSSR count). The van der Waals surface area contributed by atoms with Crippen LogP contribution in [0.5, 0.6) is 0 Å². The van der Waals surface area contributed by atoms with Crippen molar-refractivity contribution in [1.82, 2.24) is 0 Å². The molecular formula is C10H13ClO3S. The average Bonchev–Trinajstić information content (AvgIpc) is 2.19. The zero-order valence-electron chi connectivity index (χ0n) is 8.40. The van der Waals surface area contributed by atoms with E-state index in [0.717, 1.165) is 5.56 Å². The molecule has 0 aliphatic heterocycles. The van der Waals surface area contributed by atoms with Crippen LogP contribution >= 0.6 is 11.6 Å². The minimum atomic E-state index is -3.28. The normalized spacial score (nSPS) is 11.7. The van der Waals surface area contributed by atoms with Crippen molar-refractivity contribution in [3.8, 4) is 0 Å². The van der Waals surface area contributed by atoms with Gasteiger partial charge < -0.3 is 5.11 Å². The molecule has 0 atom stereocenters. The maximum Gasteiger partial charge on any atom is 0.178 e. The van der Waals surface area contributed by atoms with Crippen molar-refractivity contribution in [1.29, 1.82) is 0 Å². The number of rotatable bonds is 4. The van der Waals surface area contributed by atoms with Gasteiger partial charge in [-0.05, 0) is 37.1 Å². The van der Waals surface area contributed by atoms with E-state index in [1.165, 1.54) is 6.07 Å². The first-order valence-corrected chi connectivity index (χ1v) is 6.60. The van der Waals surface area contributed by atoms with Gasteiger partial charge in [-0.2, -0.15) is 0 Å². The zero-order valence-corrected chi connectivity index (χ0v) is 9.98. The Morgan fingerprint density at radius 1 is 1.40 bits per heavy atom. The second-order valence-corrected chi connectivity index (χ2v) is 5.82. The van der Waals surface area contributed by atoms with E-state index in [4.69, 9.17) is 16.7 Å². The largest absolute Gasteiger partial charge is 0.396 e. The smallest absolute Gasteiger partial charge is 0.178 e. The number of benzene rings is 1. The highest BCUT2D eigenvalue weighted by molar-refractivity contribution is 7.91. The molecule has 0 aliphatic carbocycles. The van der Waals surface area contributed by atoms with E-state index in [2.05, 4.69) is 0 Å². The van der Waals surface area contributed by atoms with Gasteiger partial charge in [-0.15, -0.1) is 0 Å². The SMILES string of the molecule is Cc1cc(S(=O)(=O)CCCO)ccc1Cl. The van der Waals surface area contributed by atoms with Gasteiger partial charge in [0.1, 0.15) is 0 Å². The molecule has 0 radical (unpaired) electrons. The molecule has 0 amide bonds. The summed E-state index contributed by atoms with van der Waals surface area (Å²) in [4.78, 5) is 0.262. The average molecular weight is 249 g/mol. The van der Waals surface area contributed by atoms with Crippen LogP contribution in [0.25, 0.3) is 0 Å². The monoisotopic (exact) mass is 248 g/mol. The van der Waals surface area contributed by atoms with Crippen molar-refractivity contribution in [2.75, 3.05) is 12.4 Å². The number of hydrogen-bond donors (Lipinski definition) is 1. The summed E-state index contributed by atoms with van der Waals surface area (Å²) in [6.07, 6.45) is 0.254. The summed E-state index contributed by atoms with van der Waals surface area (Å²) < 4.78 is 23.4. The lowest BCUT2D eigenvalue weighted by Gasteiger charge is -2.05. The van der Waals surface area contributed by atoms with Gasteiger partial charge in [-0.25, -0.2) is 8.42 Å². The Hall–Kier alpha value is -0.580. The third-order valence-corrected chi connectivity index (χ3v) is 4.28. The van der Waals surface area contributed by atoms with Crippen LogP contribution in [-0.4, -0.2) is 25.9 Å². The quantitative estimate of drug-likeness (QED) is 0.884. The van der Waals surface area contributed by atoms with Crippen LogP contribution in [-0.2, 0) is 9.84 Å². The summed E-state index contributed by atoms with van der Waals surface area (Å²) in [5.74, 6) is -0.0371. The fraction of sp³-hybridized carbons (Fsp3) is 0.400. The molecule has 0 bridgehead atoms. The molecule has 0 aliphatic rings. The third kappa shape index (κ3) is 3.19. The van der Waals surface area contributed by atoms with E-state index in [1.54, 1.807) is 19.1 Å². The Kier molecular flexibility index (Phi) is 4.13. The maximum atomic E-state index is 11.7. The van der Waals surface area contributed by atoms with Crippen LogP contribution in [0.4, 0.5) is 0 Å². The fourth-order valence-electron chi connectivity index (χ4n) is 1.18. The summed E-state index contributed by atoms with van der Waals surface area (Å²) in [6.45, 7) is 1.64. The topological polar surface area (TPSA) is 54.4 Å². The van der Waals surface area contributed by atoms with Crippen molar-refractivity contribution < 1.29 is 13.5 Å². The minimum absolute atomic E-state index is 0.0371. The molecule has 15 heavy (non-hydrogen) atoms. The van der Waals surface area contributed by atoms with Crippen LogP contribution in [0.15, 0.2) is 23.1 Å². The maximum absolute atomic E-state index is 11.7. The van der Waals surface area contributed by atoms with E-state index in [0.29, 0.717) is 5.02 Å². The van der Waals surface area contributed by atoms with Crippen LogP contribution in [0.3, 0.4) is 0 Å². The number of hydrogen-bond acceptors (Lipinski definition) is 3. The summed E-state index contributed by atoms with van der Waals surface area (Å²) in [6, 6.07) is 4.61. The lowest BCUT2D eigenvalue weighted by atomic mass is 10.2. The van der Waals surface area contributed by atoms with Gasteiger partial charge in [0, 0.05) is 11.6 Å². The van der Waals surface area contributed by atoms with Crippen LogP contribution in [0.2, 0.25) is 5.02 Å².